The average Bonchev–Trinajstić information content (AvgIpc) is 3.05. The summed E-state index contributed by atoms with van der Waals surface area (Å²) in [5.74, 6) is -0.595. The molecule has 1 aromatic carbocycles. The lowest BCUT2D eigenvalue weighted by Gasteiger charge is -2.32. The molecule has 2 aromatic rings. The van der Waals surface area contributed by atoms with Gasteiger partial charge in [0.2, 0.25) is 0 Å². The Morgan fingerprint density at radius 2 is 1.74 bits per heavy atom. The number of carboxylic acids is 1. The minimum atomic E-state index is -0.985. The highest BCUT2D eigenvalue weighted by molar-refractivity contribution is 9.10. The monoisotopic (exact) mass is 393 g/mol. The molecule has 3 rings (SSSR count). The van der Waals surface area contributed by atoms with Crippen LogP contribution in [-0.4, -0.2) is 35.0 Å². The van der Waals surface area contributed by atoms with E-state index in [1.54, 1.807) is 6.07 Å². The number of carboxylic acid groups (broad SMARTS) is 1. The summed E-state index contributed by atoms with van der Waals surface area (Å²) in [5, 5.41) is 8.96. The van der Waals surface area contributed by atoms with Crippen LogP contribution in [0.4, 0.5) is 0 Å². The maximum atomic E-state index is 12.5. The quantitative estimate of drug-likeness (QED) is 0.848. The van der Waals surface area contributed by atoms with Crippen molar-refractivity contribution in [1.29, 1.82) is 0 Å². The number of carbonyl (C=O) groups is 2. The van der Waals surface area contributed by atoms with E-state index in [1.165, 1.54) is 11.6 Å². The molecule has 0 bridgehead atoms. The number of piperidine rings is 1. The van der Waals surface area contributed by atoms with E-state index >= 15 is 0 Å². The number of benzene rings is 1. The van der Waals surface area contributed by atoms with Crippen molar-refractivity contribution in [2.75, 3.05) is 13.1 Å². The van der Waals surface area contributed by atoms with Gasteiger partial charge in [0.25, 0.3) is 5.91 Å². The van der Waals surface area contributed by atoms with Gasteiger partial charge in [-0.1, -0.05) is 34.1 Å². The Morgan fingerprint density at radius 1 is 1.09 bits per heavy atom. The van der Waals surface area contributed by atoms with Crippen molar-refractivity contribution in [2.24, 2.45) is 0 Å². The Hall–Kier alpha value is -1.66. The molecule has 1 amide bonds. The summed E-state index contributed by atoms with van der Waals surface area (Å²) in [7, 11) is 0. The number of nitrogens with zero attached hydrogens (tertiary/aromatic N) is 1. The Kier molecular flexibility index (Phi) is 4.82. The highest BCUT2D eigenvalue weighted by Crippen LogP contribution is 2.33. The first-order valence-corrected chi connectivity index (χ1v) is 9.04. The van der Waals surface area contributed by atoms with E-state index in [9.17, 15) is 9.59 Å². The Balaban J connectivity index is 1.65. The SMILES string of the molecule is O=C(O)c1ccc(C(=O)N2CCC(c3ccccc3Br)CC2)s1. The molecule has 1 fully saturated rings. The average molecular weight is 394 g/mol. The molecule has 6 heteroatoms. The van der Waals surface area contributed by atoms with Crippen LogP contribution in [0.1, 0.15) is 43.7 Å². The van der Waals surface area contributed by atoms with Gasteiger partial charge in [0.15, 0.2) is 0 Å². The lowest BCUT2D eigenvalue weighted by atomic mass is 9.89. The number of hydrogen-bond donors (Lipinski definition) is 1. The Labute approximate surface area is 146 Å². The van der Waals surface area contributed by atoms with E-state index in [2.05, 4.69) is 22.0 Å². The maximum Gasteiger partial charge on any atom is 0.345 e. The fourth-order valence-corrected chi connectivity index (χ4v) is 4.34. The number of carbonyl (C=O) groups excluding carboxylic acids is 1. The zero-order valence-electron chi connectivity index (χ0n) is 12.4. The van der Waals surface area contributed by atoms with E-state index in [1.807, 2.05) is 23.1 Å². The van der Waals surface area contributed by atoms with Crippen LogP contribution in [0.25, 0.3) is 0 Å². The third-order valence-electron chi connectivity index (χ3n) is 4.15. The van der Waals surface area contributed by atoms with Crippen molar-refractivity contribution >= 4 is 39.1 Å². The third kappa shape index (κ3) is 3.48. The summed E-state index contributed by atoms with van der Waals surface area (Å²) in [6.45, 7) is 1.40. The van der Waals surface area contributed by atoms with Crippen molar-refractivity contribution in [3.8, 4) is 0 Å². The van der Waals surface area contributed by atoms with Gasteiger partial charge < -0.3 is 10.0 Å². The predicted molar refractivity (Wildman–Crippen MR) is 93.3 cm³/mol. The number of aromatic carboxylic acids is 1. The fourth-order valence-electron chi connectivity index (χ4n) is 2.92. The van der Waals surface area contributed by atoms with Crippen molar-refractivity contribution < 1.29 is 14.7 Å². The molecule has 1 saturated heterocycles. The smallest absolute Gasteiger partial charge is 0.345 e. The van der Waals surface area contributed by atoms with E-state index in [-0.39, 0.29) is 10.8 Å². The zero-order chi connectivity index (χ0) is 16.4. The molecule has 23 heavy (non-hydrogen) atoms. The molecule has 0 spiro atoms. The summed E-state index contributed by atoms with van der Waals surface area (Å²) < 4.78 is 1.12. The molecule has 0 unspecified atom stereocenters. The molecule has 0 aliphatic carbocycles. The van der Waals surface area contributed by atoms with Gasteiger partial charge in [-0.15, -0.1) is 11.3 Å². The minimum absolute atomic E-state index is 0.0620. The van der Waals surface area contributed by atoms with E-state index in [0.717, 1.165) is 28.7 Å². The topological polar surface area (TPSA) is 57.6 Å². The van der Waals surface area contributed by atoms with Crippen molar-refractivity contribution in [2.45, 2.75) is 18.8 Å². The van der Waals surface area contributed by atoms with Crippen molar-refractivity contribution in [1.82, 2.24) is 4.90 Å². The summed E-state index contributed by atoms with van der Waals surface area (Å²) in [5.41, 5.74) is 1.30. The largest absolute Gasteiger partial charge is 0.477 e. The molecule has 2 heterocycles. The van der Waals surface area contributed by atoms with Crippen LogP contribution in [0.15, 0.2) is 40.9 Å². The van der Waals surface area contributed by atoms with Crippen LogP contribution in [-0.2, 0) is 0 Å². The van der Waals surface area contributed by atoms with Crippen molar-refractivity contribution in [3.05, 3.63) is 56.2 Å². The van der Waals surface area contributed by atoms with Crippen LogP contribution in [0, 0.1) is 0 Å². The first-order valence-electron chi connectivity index (χ1n) is 7.43. The highest BCUT2D eigenvalue weighted by Gasteiger charge is 2.26. The number of thiophene rings is 1. The summed E-state index contributed by atoms with van der Waals surface area (Å²) >= 11 is 4.64. The van der Waals surface area contributed by atoms with Crippen LogP contribution in [0.2, 0.25) is 0 Å². The zero-order valence-corrected chi connectivity index (χ0v) is 14.8. The summed E-state index contributed by atoms with van der Waals surface area (Å²) in [6, 6.07) is 11.3. The molecule has 1 aliphatic rings. The molecule has 4 nitrogen and oxygen atoms in total. The maximum absolute atomic E-state index is 12.5. The Morgan fingerprint density at radius 3 is 2.35 bits per heavy atom. The molecule has 0 radical (unpaired) electrons. The molecular formula is C17H16BrNO3S. The summed E-state index contributed by atoms with van der Waals surface area (Å²) in [4.78, 5) is 25.9. The van der Waals surface area contributed by atoms with Gasteiger partial charge in [0, 0.05) is 17.6 Å². The molecule has 0 atom stereocenters. The van der Waals surface area contributed by atoms with Crippen LogP contribution in [0.3, 0.4) is 0 Å². The molecule has 1 aromatic heterocycles. The van der Waals surface area contributed by atoms with Gasteiger partial charge in [0.1, 0.15) is 4.88 Å². The second kappa shape index (κ2) is 6.84. The minimum Gasteiger partial charge on any atom is -0.477 e. The highest BCUT2D eigenvalue weighted by atomic mass is 79.9. The van der Waals surface area contributed by atoms with Crippen LogP contribution >= 0.6 is 27.3 Å². The fraction of sp³-hybridized carbons (Fsp3) is 0.294. The first kappa shape index (κ1) is 16.2. The number of likely N-dealkylation sites (tertiary alicyclic amines) is 1. The second-order valence-corrected chi connectivity index (χ2v) is 7.50. The second-order valence-electron chi connectivity index (χ2n) is 5.56. The number of halogens is 1. The first-order chi connectivity index (χ1) is 11.1. The van der Waals surface area contributed by atoms with Gasteiger partial charge in [-0.25, -0.2) is 4.79 Å². The normalized spacial score (nSPS) is 15.6. The van der Waals surface area contributed by atoms with Gasteiger partial charge in [-0.2, -0.15) is 0 Å². The number of amides is 1. The van der Waals surface area contributed by atoms with Gasteiger partial charge >= 0.3 is 5.97 Å². The lowest BCUT2D eigenvalue weighted by Crippen LogP contribution is -2.37. The molecule has 120 valence electrons. The van der Waals surface area contributed by atoms with E-state index in [4.69, 9.17) is 5.11 Å². The molecule has 1 aliphatic heterocycles. The predicted octanol–water partition coefficient (Wildman–Crippen LogP) is 4.23. The van der Waals surface area contributed by atoms with Gasteiger partial charge in [-0.3, -0.25) is 4.79 Å². The van der Waals surface area contributed by atoms with Crippen LogP contribution < -0.4 is 0 Å². The molecular weight excluding hydrogens is 378 g/mol. The number of hydrogen-bond acceptors (Lipinski definition) is 3. The molecule has 0 saturated carbocycles. The van der Waals surface area contributed by atoms with Gasteiger partial charge in [0.05, 0.1) is 4.88 Å². The van der Waals surface area contributed by atoms with E-state index < -0.39 is 5.97 Å². The van der Waals surface area contributed by atoms with Crippen LogP contribution in [0.5, 0.6) is 0 Å². The molecule has 1 N–H and O–H groups in total. The van der Waals surface area contributed by atoms with Crippen molar-refractivity contribution in [3.63, 3.8) is 0 Å². The Bertz CT molecular complexity index is 735. The third-order valence-corrected chi connectivity index (χ3v) is 5.94. The summed E-state index contributed by atoms with van der Waals surface area (Å²) in [6.07, 6.45) is 1.84. The van der Waals surface area contributed by atoms with Gasteiger partial charge in [-0.05, 0) is 42.5 Å². The lowest BCUT2D eigenvalue weighted by molar-refractivity contribution is 0.0699. The number of rotatable bonds is 3. The standard InChI is InChI=1S/C17H16BrNO3S/c18-13-4-2-1-3-12(13)11-7-9-19(10-8-11)16(20)14-5-6-15(23-14)17(21)22/h1-6,11H,7-10H2,(H,21,22). The van der Waals surface area contributed by atoms with E-state index in [0.29, 0.717) is 23.9 Å².